The molecule has 18 heavy (non-hydrogen) atoms. The van der Waals surface area contributed by atoms with Crippen molar-refractivity contribution >= 4 is 23.0 Å². The maximum atomic E-state index is 5.78. The van der Waals surface area contributed by atoms with Gasteiger partial charge in [0.1, 0.15) is 10.8 Å². The van der Waals surface area contributed by atoms with Gasteiger partial charge in [0.2, 0.25) is 0 Å². The molecule has 0 bridgehead atoms. The topological polar surface area (TPSA) is 42.2 Å². The van der Waals surface area contributed by atoms with Crippen LogP contribution in [0.15, 0.2) is 18.3 Å². The molecule has 2 rings (SSSR count). The first-order chi connectivity index (χ1) is 8.72. The maximum absolute atomic E-state index is 5.78. The lowest BCUT2D eigenvalue weighted by Gasteiger charge is -2.23. The van der Waals surface area contributed by atoms with Gasteiger partial charge < -0.3 is 10.6 Å². The van der Waals surface area contributed by atoms with Gasteiger partial charge >= 0.3 is 0 Å². The number of nitrogens with zero attached hydrogens (tertiary/aromatic N) is 2. The molecule has 0 spiro atoms. The standard InChI is InChI=1S/C14H21N3S/c1-2-11-5-4-9-17(10-7-11)14-12(13(15)18)6-3-8-16-14/h3,6,8,11H,2,4-5,7,9-10H2,1H3,(H2,15,18). The SMILES string of the molecule is CCC1CCCN(c2ncccc2C(N)=S)CC1. The molecule has 1 aromatic heterocycles. The Morgan fingerprint density at radius 2 is 2.33 bits per heavy atom. The number of hydrogen-bond acceptors (Lipinski definition) is 3. The van der Waals surface area contributed by atoms with Gasteiger partial charge in [-0.25, -0.2) is 4.98 Å². The first-order valence-electron chi connectivity index (χ1n) is 6.72. The van der Waals surface area contributed by atoms with E-state index in [1.54, 1.807) is 0 Å². The van der Waals surface area contributed by atoms with Gasteiger partial charge in [0.05, 0.1) is 5.56 Å². The van der Waals surface area contributed by atoms with Crippen molar-refractivity contribution in [3.05, 3.63) is 23.9 Å². The zero-order valence-electron chi connectivity index (χ0n) is 10.9. The minimum atomic E-state index is 0.439. The summed E-state index contributed by atoms with van der Waals surface area (Å²) in [6.07, 6.45) is 6.88. The third kappa shape index (κ3) is 2.99. The highest BCUT2D eigenvalue weighted by molar-refractivity contribution is 7.80. The smallest absolute Gasteiger partial charge is 0.138 e. The Balaban J connectivity index is 2.18. The van der Waals surface area contributed by atoms with Crippen molar-refractivity contribution in [1.82, 2.24) is 4.98 Å². The molecular weight excluding hydrogens is 242 g/mol. The molecule has 4 heteroatoms. The molecule has 1 aromatic rings. The summed E-state index contributed by atoms with van der Waals surface area (Å²) < 4.78 is 0. The molecule has 0 amide bonds. The van der Waals surface area contributed by atoms with Crippen LogP contribution in [0.3, 0.4) is 0 Å². The molecule has 1 aliphatic heterocycles. The van der Waals surface area contributed by atoms with Crippen molar-refractivity contribution in [1.29, 1.82) is 0 Å². The summed E-state index contributed by atoms with van der Waals surface area (Å²) in [5.41, 5.74) is 6.68. The zero-order valence-corrected chi connectivity index (χ0v) is 11.7. The van der Waals surface area contributed by atoms with Crippen LogP contribution in [0.1, 0.15) is 38.2 Å². The van der Waals surface area contributed by atoms with E-state index in [1.165, 1.54) is 25.7 Å². The Kier molecular flexibility index (Phi) is 4.53. The Labute approximate surface area is 114 Å². The second-order valence-corrected chi connectivity index (χ2v) is 5.37. The van der Waals surface area contributed by atoms with Crippen LogP contribution in [-0.2, 0) is 0 Å². The van der Waals surface area contributed by atoms with E-state index in [0.29, 0.717) is 4.99 Å². The molecule has 1 fully saturated rings. The summed E-state index contributed by atoms with van der Waals surface area (Å²) in [4.78, 5) is 7.25. The molecule has 3 nitrogen and oxygen atoms in total. The van der Waals surface area contributed by atoms with E-state index in [4.69, 9.17) is 18.0 Å². The van der Waals surface area contributed by atoms with Crippen LogP contribution in [0.2, 0.25) is 0 Å². The van der Waals surface area contributed by atoms with Gasteiger partial charge in [0.25, 0.3) is 0 Å². The highest BCUT2D eigenvalue weighted by Crippen LogP contribution is 2.25. The summed E-state index contributed by atoms with van der Waals surface area (Å²) in [5, 5.41) is 0. The van der Waals surface area contributed by atoms with Crippen molar-refractivity contribution < 1.29 is 0 Å². The Morgan fingerprint density at radius 3 is 3.06 bits per heavy atom. The van der Waals surface area contributed by atoms with E-state index >= 15 is 0 Å². The Bertz CT molecular complexity index is 419. The summed E-state index contributed by atoms with van der Waals surface area (Å²) in [7, 11) is 0. The van der Waals surface area contributed by atoms with Crippen LogP contribution < -0.4 is 10.6 Å². The van der Waals surface area contributed by atoms with Crippen molar-refractivity contribution in [3.8, 4) is 0 Å². The molecule has 98 valence electrons. The van der Waals surface area contributed by atoms with Crippen LogP contribution in [0, 0.1) is 5.92 Å². The number of hydrogen-bond donors (Lipinski definition) is 1. The lowest BCUT2D eigenvalue weighted by Crippen LogP contribution is -2.28. The van der Waals surface area contributed by atoms with Gasteiger partial charge in [-0.1, -0.05) is 25.6 Å². The van der Waals surface area contributed by atoms with Gasteiger partial charge in [-0.05, 0) is 37.3 Å². The molecular formula is C14H21N3S. The highest BCUT2D eigenvalue weighted by Gasteiger charge is 2.19. The predicted molar refractivity (Wildman–Crippen MR) is 80.0 cm³/mol. The Hall–Kier alpha value is -1.16. The summed E-state index contributed by atoms with van der Waals surface area (Å²) in [5.74, 6) is 1.81. The van der Waals surface area contributed by atoms with E-state index in [0.717, 1.165) is 30.4 Å². The first kappa shape index (κ1) is 13.3. The molecule has 1 atom stereocenters. The van der Waals surface area contributed by atoms with Crippen LogP contribution in [0.5, 0.6) is 0 Å². The number of rotatable bonds is 3. The maximum Gasteiger partial charge on any atom is 0.138 e. The van der Waals surface area contributed by atoms with Crippen LogP contribution in [0.25, 0.3) is 0 Å². The fourth-order valence-corrected chi connectivity index (χ4v) is 2.79. The molecule has 0 saturated carbocycles. The number of thiocarbonyl (C=S) groups is 1. The van der Waals surface area contributed by atoms with E-state index in [1.807, 2.05) is 18.3 Å². The third-order valence-electron chi connectivity index (χ3n) is 3.78. The van der Waals surface area contributed by atoms with E-state index < -0.39 is 0 Å². The van der Waals surface area contributed by atoms with Gasteiger partial charge in [-0.2, -0.15) is 0 Å². The first-order valence-corrected chi connectivity index (χ1v) is 7.13. The van der Waals surface area contributed by atoms with Crippen LogP contribution in [-0.4, -0.2) is 23.1 Å². The largest absolute Gasteiger partial charge is 0.389 e. The number of pyridine rings is 1. The fourth-order valence-electron chi connectivity index (χ4n) is 2.63. The number of aromatic nitrogens is 1. The minimum absolute atomic E-state index is 0.439. The van der Waals surface area contributed by atoms with Crippen molar-refractivity contribution in [2.75, 3.05) is 18.0 Å². The summed E-state index contributed by atoms with van der Waals surface area (Å²) >= 11 is 5.11. The molecule has 1 unspecified atom stereocenters. The van der Waals surface area contributed by atoms with E-state index in [9.17, 15) is 0 Å². The van der Waals surface area contributed by atoms with Gasteiger partial charge in [-0.3, -0.25) is 0 Å². The van der Waals surface area contributed by atoms with E-state index in [2.05, 4.69) is 16.8 Å². The lowest BCUT2D eigenvalue weighted by atomic mass is 9.98. The third-order valence-corrected chi connectivity index (χ3v) is 4.00. The average Bonchev–Trinajstić information content (AvgIpc) is 2.63. The fraction of sp³-hybridized carbons (Fsp3) is 0.571. The lowest BCUT2D eigenvalue weighted by molar-refractivity contribution is 0.459. The average molecular weight is 263 g/mol. The van der Waals surface area contributed by atoms with Crippen molar-refractivity contribution in [2.24, 2.45) is 11.7 Å². The molecule has 1 aliphatic rings. The van der Waals surface area contributed by atoms with Crippen molar-refractivity contribution in [3.63, 3.8) is 0 Å². The number of nitrogens with two attached hydrogens (primary N) is 1. The molecule has 2 heterocycles. The molecule has 0 aliphatic carbocycles. The van der Waals surface area contributed by atoms with Crippen LogP contribution >= 0.6 is 12.2 Å². The van der Waals surface area contributed by atoms with Gasteiger partial charge in [0.15, 0.2) is 0 Å². The highest BCUT2D eigenvalue weighted by atomic mass is 32.1. The van der Waals surface area contributed by atoms with Crippen molar-refractivity contribution in [2.45, 2.75) is 32.6 Å². The van der Waals surface area contributed by atoms with E-state index in [-0.39, 0.29) is 0 Å². The second-order valence-electron chi connectivity index (χ2n) is 4.93. The quantitative estimate of drug-likeness (QED) is 0.852. The Morgan fingerprint density at radius 1 is 1.50 bits per heavy atom. The normalized spacial score (nSPS) is 20.5. The summed E-state index contributed by atoms with van der Waals surface area (Å²) in [6.45, 7) is 4.40. The molecule has 0 radical (unpaired) electrons. The van der Waals surface area contributed by atoms with Gasteiger partial charge in [-0.15, -0.1) is 0 Å². The second kappa shape index (κ2) is 6.14. The molecule has 1 saturated heterocycles. The van der Waals surface area contributed by atoms with Gasteiger partial charge in [0, 0.05) is 19.3 Å². The predicted octanol–water partition coefficient (Wildman–Crippen LogP) is 2.73. The monoisotopic (exact) mass is 263 g/mol. The minimum Gasteiger partial charge on any atom is -0.389 e. The molecule has 0 aromatic carbocycles. The summed E-state index contributed by atoms with van der Waals surface area (Å²) in [6, 6.07) is 3.86. The zero-order chi connectivity index (χ0) is 13.0. The molecule has 2 N–H and O–H groups in total. The number of anilines is 1. The van der Waals surface area contributed by atoms with Crippen LogP contribution in [0.4, 0.5) is 5.82 Å².